The van der Waals surface area contributed by atoms with Gasteiger partial charge >= 0.3 is 0 Å². The number of hydrogen-bond donors (Lipinski definition) is 6. The van der Waals surface area contributed by atoms with Crippen molar-refractivity contribution in [2.24, 2.45) is 5.73 Å². The highest BCUT2D eigenvalue weighted by atomic mass is 35.5. The van der Waals surface area contributed by atoms with Gasteiger partial charge in [-0.1, -0.05) is 40.3 Å². The minimum atomic E-state index is -0.336. The molecule has 0 saturated heterocycles. The Bertz CT molecular complexity index is 1330. The lowest BCUT2D eigenvalue weighted by atomic mass is 10.3. The van der Waals surface area contributed by atoms with Crippen molar-refractivity contribution in [3.8, 4) is 0 Å². The highest BCUT2D eigenvalue weighted by Crippen LogP contribution is 2.18. The monoisotopic (exact) mass is 716 g/mol. The van der Waals surface area contributed by atoms with Gasteiger partial charge in [-0.2, -0.15) is 9.49 Å². The van der Waals surface area contributed by atoms with Gasteiger partial charge in [-0.05, 0) is 35.9 Å². The third-order valence-electron chi connectivity index (χ3n) is 3.81. The SMILES string of the molecule is Cl.Cl.NCc1cccnc1.Nc1cccnc1.Nc1cccnn1.Nc1cnccn1.Nc1ncc(Cl)s1.Nc1ncc(F)s1. The van der Waals surface area contributed by atoms with Crippen molar-refractivity contribution in [1.29, 1.82) is 0 Å². The van der Waals surface area contributed by atoms with Crippen LogP contribution in [0.1, 0.15) is 5.56 Å². The minimum Gasteiger partial charge on any atom is -0.397 e. The Labute approximate surface area is 284 Å². The third-order valence-corrected chi connectivity index (χ3v) is 5.37. The second kappa shape index (κ2) is 27.1. The van der Waals surface area contributed by atoms with Gasteiger partial charge in [-0.25, -0.2) is 15.0 Å². The zero-order valence-electron chi connectivity index (χ0n) is 23.4. The molecule has 6 aromatic rings. The molecule has 0 aliphatic heterocycles. The summed E-state index contributed by atoms with van der Waals surface area (Å²) in [7, 11) is 0. The Balaban J connectivity index is 0. The minimum absolute atomic E-state index is 0. The fourth-order valence-electron chi connectivity index (χ4n) is 2.05. The van der Waals surface area contributed by atoms with Gasteiger partial charge in [0.25, 0.3) is 0 Å². The smallest absolute Gasteiger partial charge is 0.198 e. The lowest BCUT2D eigenvalue weighted by Gasteiger charge is -1.89. The number of rotatable bonds is 1. The number of pyridine rings is 2. The van der Waals surface area contributed by atoms with E-state index in [2.05, 4.69) is 40.1 Å². The van der Waals surface area contributed by atoms with Crippen LogP contribution in [-0.2, 0) is 6.54 Å². The summed E-state index contributed by atoms with van der Waals surface area (Å²) in [5.74, 6) is 0.921. The molecule has 0 spiro atoms. The summed E-state index contributed by atoms with van der Waals surface area (Å²) in [6, 6.07) is 10.9. The Kier molecular flexibility index (Phi) is 25.6. The molecule has 0 bridgehead atoms. The van der Waals surface area contributed by atoms with Crippen molar-refractivity contribution in [3.05, 3.63) is 113 Å². The largest absolute Gasteiger partial charge is 0.397 e. The van der Waals surface area contributed by atoms with Crippen molar-refractivity contribution in [3.63, 3.8) is 0 Å². The van der Waals surface area contributed by atoms with Gasteiger partial charge in [0, 0.05) is 49.9 Å². The van der Waals surface area contributed by atoms with E-state index in [0.717, 1.165) is 23.1 Å². The molecule has 0 amide bonds. The van der Waals surface area contributed by atoms with Gasteiger partial charge in [0.05, 0.1) is 24.3 Å². The van der Waals surface area contributed by atoms with E-state index < -0.39 is 0 Å². The van der Waals surface area contributed by atoms with E-state index in [9.17, 15) is 4.39 Å². The number of halogens is 4. The first-order valence-electron chi connectivity index (χ1n) is 11.7. The van der Waals surface area contributed by atoms with Crippen LogP contribution in [0.2, 0.25) is 4.34 Å². The van der Waals surface area contributed by atoms with E-state index in [-0.39, 0.29) is 35.1 Å². The second-order valence-electron chi connectivity index (χ2n) is 7.14. The molecule has 242 valence electrons. The van der Waals surface area contributed by atoms with Crippen LogP contribution in [-0.4, -0.2) is 40.1 Å². The third kappa shape index (κ3) is 24.6. The van der Waals surface area contributed by atoms with Gasteiger partial charge in [-0.3, -0.25) is 15.0 Å². The molecule has 14 nitrogen and oxygen atoms in total. The van der Waals surface area contributed by atoms with Crippen LogP contribution in [0.4, 0.5) is 32.0 Å². The second-order valence-corrected chi connectivity index (χ2v) is 9.84. The van der Waals surface area contributed by atoms with Crippen LogP contribution >= 0.6 is 59.1 Å². The number of nitrogen functional groups attached to an aromatic ring is 5. The first kappa shape index (κ1) is 42.6. The van der Waals surface area contributed by atoms with Crippen LogP contribution < -0.4 is 34.4 Å². The van der Waals surface area contributed by atoms with Gasteiger partial charge in [-0.15, -0.1) is 29.9 Å². The summed E-state index contributed by atoms with van der Waals surface area (Å²) in [5, 5.41) is 7.47. The summed E-state index contributed by atoms with van der Waals surface area (Å²) >= 11 is 7.55. The molecule has 20 heteroatoms. The quantitative estimate of drug-likeness (QED) is 0.138. The molecule has 0 saturated carbocycles. The van der Waals surface area contributed by atoms with Crippen LogP contribution in [0.5, 0.6) is 0 Å². The van der Waals surface area contributed by atoms with Crippen LogP contribution in [0.15, 0.2) is 98.4 Å². The maximum atomic E-state index is 11.8. The van der Waals surface area contributed by atoms with Gasteiger partial charge in [0.2, 0.25) is 0 Å². The molecular formula is C25H32Cl3FN14S2. The van der Waals surface area contributed by atoms with Gasteiger partial charge in [0.15, 0.2) is 15.4 Å². The molecule has 6 rings (SSSR count). The number of nitrogens with zero attached hydrogens (tertiary/aromatic N) is 8. The number of aromatic nitrogens is 8. The molecule has 0 radical (unpaired) electrons. The molecular weight excluding hydrogens is 686 g/mol. The average Bonchev–Trinajstić information content (AvgIpc) is 3.60. The summed E-state index contributed by atoms with van der Waals surface area (Å²) in [6.45, 7) is 0.577. The van der Waals surface area contributed by atoms with E-state index in [4.69, 9.17) is 46.0 Å². The van der Waals surface area contributed by atoms with E-state index in [1.165, 1.54) is 23.7 Å². The van der Waals surface area contributed by atoms with Gasteiger partial charge < -0.3 is 34.4 Å². The molecule has 0 aliphatic carbocycles. The molecule has 6 aromatic heterocycles. The highest BCUT2D eigenvalue weighted by molar-refractivity contribution is 7.19. The molecule has 12 N–H and O–H groups in total. The standard InChI is InChI=1S/C6H8N2.C5H6N2.2C4H5N3.C3H3ClN2S.C3H3FN2S.2ClH/c7-4-6-2-1-3-8-5-6;6-5-2-1-3-7-4-5;5-4-3-6-1-2-7-4;5-4-2-1-3-6-7-4;2*4-2-1-6-3(5)7-2;;/h1-3,5H,4,7H2;1-4H,6H2;2*1-3H,(H2,5,7);2*1H,(H2,5,6);2*1H. The molecule has 0 fully saturated rings. The molecule has 0 aliphatic rings. The first-order chi connectivity index (χ1) is 20.7. The van der Waals surface area contributed by atoms with E-state index in [0.29, 0.717) is 33.3 Å². The van der Waals surface area contributed by atoms with Crippen molar-refractivity contribution < 1.29 is 4.39 Å². The topological polar surface area (TPSA) is 259 Å². The first-order valence-corrected chi connectivity index (χ1v) is 13.7. The summed E-state index contributed by atoms with van der Waals surface area (Å²) < 4.78 is 12.4. The van der Waals surface area contributed by atoms with E-state index in [1.807, 2.05) is 12.1 Å². The molecule has 6 heterocycles. The number of nitrogens with two attached hydrogens (primary N) is 6. The number of thiazole rings is 2. The lowest BCUT2D eigenvalue weighted by Crippen LogP contribution is -1.95. The van der Waals surface area contributed by atoms with Crippen molar-refractivity contribution in [1.82, 2.24) is 40.1 Å². The molecule has 45 heavy (non-hydrogen) atoms. The Hall–Kier alpha value is -4.52. The maximum Gasteiger partial charge on any atom is 0.198 e. The molecule has 0 atom stereocenters. The zero-order chi connectivity index (χ0) is 31.7. The number of anilines is 5. The lowest BCUT2D eigenvalue weighted by molar-refractivity contribution is 0.653. The zero-order valence-corrected chi connectivity index (χ0v) is 27.4. The Morgan fingerprint density at radius 2 is 1.27 bits per heavy atom. The summed E-state index contributed by atoms with van der Waals surface area (Å²) in [6.07, 6.45) is 15.6. The Morgan fingerprint density at radius 1 is 0.644 bits per heavy atom. The van der Waals surface area contributed by atoms with E-state index in [1.54, 1.807) is 67.6 Å². The van der Waals surface area contributed by atoms with E-state index >= 15 is 0 Å². The van der Waals surface area contributed by atoms with Crippen LogP contribution in [0, 0.1) is 5.13 Å². The average molecular weight is 718 g/mol. The van der Waals surface area contributed by atoms with Crippen molar-refractivity contribution in [2.45, 2.75) is 6.54 Å². The van der Waals surface area contributed by atoms with Gasteiger partial charge in [0.1, 0.15) is 16.0 Å². The normalized spacial score (nSPS) is 8.51. The predicted octanol–water partition coefficient (Wildman–Crippen LogP) is 4.41. The molecule has 0 aromatic carbocycles. The summed E-state index contributed by atoms with van der Waals surface area (Å²) in [4.78, 5) is 22.1. The maximum absolute atomic E-state index is 11.8. The fraction of sp³-hybridized carbons (Fsp3) is 0.0400. The highest BCUT2D eigenvalue weighted by Gasteiger charge is 1.91. The van der Waals surface area contributed by atoms with Crippen LogP contribution in [0.25, 0.3) is 0 Å². The summed E-state index contributed by atoms with van der Waals surface area (Å²) in [5.41, 5.74) is 33.0. The number of hydrogen-bond acceptors (Lipinski definition) is 16. The predicted molar refractivity (Wildman–Crippen MR) is 186 cm³/mol. The molecule has 0 unspecified atom stereocenters. The van der Waals surface area contributed by atoms with Crippen molar-refractivity contribution in [2.75, 3.05) is 28.7 Å². The van der Waals surface area contributed by atoms with Crippen molar-refractivity contribution >= 4 is 86.7 Å². The Morgan fingerprint density at radius 3 is 1.49 bits per heavy atom. The fourth-order valence-corrected chi connectivity index (χ4v) is 3.16. The van der Waals surface area contributed by atoms with Crippen LogP contribution in [0.3, 0.4) is 0 Å².